The maximum atomic E-state index is 12.8. The van der Waals surface area contributed by atoms with Crippen LogP contribution in [0.2, 0.25) is 10.0 Å². The van der Waals surface area contributed by atoms with Gasteiger partial charge < -0.3 is 5.32 Å². The van der Waals surface area contributed by atoms with Gasteiger partial charge in [0.2, 0.25) is 0 Å². The van der Waals surface area contributed by atoms with E-state index in [-0.39, 0.29) is 5.91 Å². The molecule has 4 rings (SSSR count). The van der Waals surface area contributed by atoms with Crippen molar-refractivity contribution >= 4 is 34.8 Å². The molecule has 0 atom stereocenters. The molecule has 0 aliphatic rings. The molecule has 158 valence electrons. The van der Waals surface area contributed by atoms with E-state index in [0.717, 1.165) is 17.0 Å². The van der Waals surface area contributed by atoms with Crippen LogP contribution in [-0.4, -0.2) is 25.9 Å². The first kappa shape index (κ1) is 21.2. The van der Waals surface area contributed by atoms with Crippen LogP contribution in [0.25, 0.3) is 11.3 Å². The lowest BCUT2D eigenvalue weighted by atomic mass is 10.1. The van der Waals surface area contributed by atoms with Crippen molar-refractivity contribution in [3.05, 3.63) is 86.8 Å². The molecule has 8 heteroatoms. The van der Waals surface area contributed by atoms with E-state index in [9.17, 15) is 4.79 Å². The number of aromatic amines is 1. The van der Waals surface area contributed by atoms with Gasteiger partial charge in [0.05, 0.1) is 34.3 Å². The molecule has 0 spiro atoms. The molecule has 2 N–H and O–H groups in total. The Balaban J connectivity index is 1.54. The predicted molar refractivity (Wildman–Crippen MR) is 124 cm³/mol. The zero-order valence-electron chi connectivity index (χ0n) is 17.3. The number of aromatic nitrogens is 4. The first-order valence-electron chi connectivity index (χ1n) is 9.73. The van der Waals surface area contributed by atoms with E-state index >= 15 is 0 Å². The summed E-state index contributed by atoms with van der Waals surface area (Å²) in [5, 5.41) is 15.6. The van der Waals surface area contributed by atoms with Gasteiger partial charge in [-0.05, 0) is 50.6 Å². The van der Waals surface area contributed by atoms with E-state index in [1.54, 1.807) is 24.3 Å². The average Bonchev–Trinajstić information content (AvgIpc) is 3.29. The summed E-state index contributed by atoms with van der Waals surface area (Å²) in [7, 11) is 0. The van der Waals surface area contributed by atoms with Gasteiger partial charge in [0, 0.05) is 10.6 Å². The van der Waals surface area contributed by atoms with Gasteiger partial charge >= 0.3 is 0 Å². The van der Waals surface area contributed by atoms with E-state index in [2.05, 4.69) is 45.7 Å². The van der Waals surface area contributed by atoms with E-state index in [1.807, 2.05) is 24.6 Å². The van der Waals surface area contributed by atoms with Crippen molar-refractivity contribution in [3.63, 3.8) is 0 Å². The second-order valence-electron chi connectivity index (χ2n) is 7.44. The highest BCUT2D eigenvalue weighted by Gasteiger charge is 2.18. The normalized spacial score (nSPS) is 11.0. The number of hydrogen-bond acceptors (Lipinski definition) is 3. The molecular weight excluding hydrogens is 433 g/mol. The number of rotatable bonds is 5. The third-order valence-electron chi connectivity index (χ3n) is 5.06. The average molecular weight is 454 g/mol. The van der Waals surface area contributed by atoms with E-state index in [1.165, 1.54) is 5.56 Å². The molecule has 0 radical (unpaired) electrons. The maximum absolute atomic E-state index is 12.8. The van der Waals surface area contributed by atoms with Gasteiger partial charge in [-0.2, -0.15) is 10.2 Å². The Morgan fingerprint density at radius 3 is 2.65 bits per heavy atom. The third-order valence-corrected chi connectivity index (χ3v) is 5.61. The molecule has 2 heterocycles. The summed E-state index contributed by atoms with van der Waals surface area (Å²) in [6, 6.07) is 15.1. The summed E-state index contributed by atoms with van der Waals surface area (Å²) in [6.45, 7) is 6.51. The molecule has 0 saturated heterocycles. The number of nitrogens with zero attached hydrogens (tertiary/aromatic N) is 3. The topological polar surface area (TPSA) is 75.6 Å². The molecule has 6 nitrogen and oxygen atoms in total. The highest BCUT2D eigenvalue weighted by atomic mass is 35.5. The van der Waals surface area contributed by atoms with Gasteiger partial charge in [0.15, 0.2) is 0 Å². The third kappa shape index (κ3) is 4.50. The van der Waals surface area contributed by atoms with Crippen LogP contribution in [-0.2, 0) is 6.54 Å². The number of carbonyl (C=O) groups excluding carboxylic acids is 1. The van der Waals surface area contributed by atoms with Crippen LogP contribution in [0.1, 0.15) is 33.0 Å². The van der Waals surface area contributed by atoms with Gasteiger partial charge in [-0.3, -0.25) is 14.6 Å². The zero-order chi connectivity index (χ0) is 22.1. The van der Waals surface area contributed by atoms with Gasteiger partial charge in [-0.1, -0.05) is 53.0 Å². The molecule has 0 fully saturated rings. The fourth-order valence-corrected chi connectivity index (χ4v) is 3.97. The number of benzene rings is 2. The summed E-state index contributed by atoms with van der Waals surface area (Å²) in [4.78, 5) is 12.8. The monoisotopic (exact) mass is 453 g/mol. The molecule has 0 saturated carbocycles. The van der Waals surface area contributed by atoms with Crippen molar-refractivity contribution in [2.75, 3.05) is 5.32 Å². The number of hydrogen-bond donors (Lipinski definition) is 2. The van der Waals surface area contributed by atoms with Crippen molar-refractivity contribution < 1.29 is 4.79 Å². The van der Waals surface area contributed by atoms with Crippen LogP contribution in [0.3, 0.4) is 0 Å². The molecule has 1 amide bonds. The number of halogens is 2. The van der Waals surface area contributed by atoms with Crippen LogP contribution in [0.15, 0.2) is 48.5 Å². The van der Waals surface area contributed by atoms with Gasteiger partial charge in [0.25, 0.3) is 5.91 Å². The lowest BCUT2D eigenvalue weighted by molar-refractivity contribution is 0.102. The van der Waals surface area contributed by atoms with Crippen LogP contribution < -0.4 is 5.32 Å². The molecule has 0 unspecified atom stereocenters. The number of H-pyrrole nitrogens is 1. The number of anilines is 1. The minimum atomic E-state index is -0.301. The van der Waals surface area contributed by atoms with Crippen LogP contribution in [0, 0.1) is 20.8 Å². The quantitative estimate of drug-likeness (QED) is 0.400. The fraction of sp³-hybridized carbons (Fsp3) is 0.174. The lowest BCUT2D eigenvalue weighted by Gasteiger charge is -2.07. The highest BCUT2D eigenvalue weighted by molar-refractivity contribution is 6.36. The Bertz CT molecular complexity index is 1270. The van der Waals surface area contributed by atoms with Gasteiger partial charge in [-0.15, -0.1) is 0 Å². The Hall–Kier alpha value is -3.09. The smallest absolute Gasteiger partial charge is 0.273 e. The largest absolute Gasteiger partial charge is 0.318 e. The molecule has 0 aliphatic carbocycles. The minimum Gasteiger partial charge on any atom is -0.318 e. The second kappa shape index (κ2) is 8.57. The SMILES string of the molecule is Cc1cccc(Cn2nc(C)c(NC(=O)c3cc(-c4ccc(Cl)cc4Cl)n[nH]3)c2C)c1. The summed E-state index contributed by atoms with van der Waals surface area (Å²) < 4.78 is 1.89. The first-order chi connectivity index (χ1) is 14.8. The Morgan fingerprint density at radius 2 is 1.90 bits per heavy atom. The molecule has 2 aromatic heterocycles. The lowest BCUT2D eigenvalue weighted by Crippen LogP contribution is -2.14. The number of amides is 1. The van der Waals surface area contributed by atoms with Crippen molar-refractivity contribution in [1.29, 1.82) is 0 Å². The van der Waals surface area contributed by atoms with Crippen molar-refractivity contribution in [2.24, 2.45) is 0 Å². The second-order valence-corrected chi connectivity index (χ2v) is 8.28. The van der Waals surface area contributed by atoms with Crippen LogP contribution >= 0.6 is 23.2 Å². The molecule has 4 aromatic rings. The van der Waals surface area contributed by atoms with Crippen LogP contribution in [0.4, 0.5) is 5.69 Å². The van der Waals surface area contributed by atoms with E-state index < -0.39 is 0 Å². The molecule has 0 bridgehead atoms. The zero-order valence-corrected chi connectivity index (χ0v) is 18.8. The molecule has 0 aliphatic heterocycles. The highest BCUT2D eigenvalue weighted by Crippen LogP contribution is 2.29. The Morgan fingerprint density at radius 1 is 1.10 bits per heavy atom. The van der Waals surface area contributed by atoms with E-state index in [0.29, 0.717) is 39.2 Å². The maximum Gasteiger partial charge on any atom is 0.273 e. The predicted octanol–water partition coefficient (Wildman–Crippen LogP) is 5.81. The van der Waals surface area contributed by atoms with Crippen LogP contribution in [0.5, 0.6) is 0 Å². The summed E-state index contributed by atoms with van der Waals surface area (Å²) >= 11 is 12.2. The Labute approximate surface area is 190 Å². The molecule has 31 heavy (non-hydrogen) atoms. The number of carbonyl (C=O) groups is 1. The van der Waals surface area contributed by atoms with Crippen molar-refractivity contribution in [1.82, 2.24) is 20.0 Å². The summed E-state index contributed by atoms with van der Waals surface area (Å²) in [6.07, 6.45) is 0. The fourth-order valence-electron chi connectivity index (χ4n) is 3.47. The number of nitrogens with one attached hydrogen (secondary N) is 2. The van der Waals surface area contributed by atoms with Gasteiger partial charge in [0.1, 0.15) is 5.69 Å². The first-order valence-corrected chi connectivity index (χ1v) is 10.5. The number of aryl methyl sites for hydroxylation is 2. The molecular formula is C23H21Cl2N5O. The van der Waals surface area contributed by atoms with Gasteiger partial charge in [-0.25, -0.2) is 0 Å². The van der Waals surface area contributed by atoms with Crippen molar-refractivity contribution in [2.45, 2.75) is 27.3 Å². The summed E-state index contributed by atoms with van der Waals surface area (Å²) in [5.74, 6) is -0.301. The molecule has 2 aromatic carbocycles. The Kier molecular flexibility index (Phi) is 5.85. The summed E-state index contributed by atoms with van der Waals surface area (Å²) in [5.41, 5.74) is 6.26. The van der Waals surface area contributed by atoms with E-state index in [4.69, 9.17) is 23.2 Å². The van der Waals surface area contributed by atoms with Crippen molar-refractivity contribution in [3.8, 4) is 11.3 Å². The standard InChI is InChI=1S/C23H21Cl2N5O/c1-13-5-4-6-16(9-13)12-30-15(3)22(14(2)29-30)26-23(31)21-11-20(27-28-21)18-8-7-17(24)10-19(18)25/h4-11H,12H2,1-3H3,(H,26,31)(H,27,28). The minimum absolute atomic E-state index is 0.301.